The molecule has 0 aromatic rings. The molecule has 4 aliphatic rings. The molecule has 3 fully saturated rings. The summed E-state index contributed by atoms with van der Waals surface area (Å²) in [7, 11) is 0. The van der Waals surface area contributed by atoms with Crippen LogP contribution in [0.4, 0.5) is 0 Å². The van der Waals surface area contributed by atoms with E-state index in [1.54, 1.807) is 6.08 Å². The molecule has 0 aromatic heterocycles. The van der Waals surface area contributed by atoms with Crippen molar-refractivity contribution >= 4 is 5.78 Å². The van der Waals surface area contributed by atoms with E-state index in [0.717, 1.165) is 38.5 Å². The van der Waals surface area contributed by atoms with Crippen LogP contribution < -0.4 is 0 Å². The smallest absolute Gasteiger partial charge is 0.155 e. The molecule has 3 saturated carbocycles. The number of rotatable bonds is 0. The maximum atomic E-state index is 12.1. The van der Waals surface area contributed by atoms with Crippen LogP contribution >= 0.6 is 0 Å². The Labute approximate surface area is 130 Å². The molecule has 0 radical (unpaired) electrons. The number of carbonyl (C=O) groups excluding carboxylic acids is 1. The Balaban J connectivity index is 1.71. The van der Waals surface area contributed by atoms with Gasteiger partial charge in [-0.1, -0.05) is 19.4 Å². The van der Waals surface area contributed by atoms with Crippen LogP contribution in [0.3, 0.4) is 0 Å². The second-order valence-corrected chi connectivity index (χ2v) is 8.36. The van der Waals surface area contributed by atoms with Gasteiger partial charge in [0, 0.05) is 9.11 Å². The van der Waals surface area contributed by atoms with E-state index in [0.29, 0.717) is 24.2 Å². The van der Waals surface area contributed by atoms with Gasteiger partial charge in [-0.2, -0.15) is 0 Å². The van der Waals surface area contributed by atoms with Crippen LogP contribution in [0.25, 0.3) is 0 Å². The summed E-state index contributed by atoms with van der Waals surface area (Å²) in [4.78, 5) is 12.1. The van der Waals surface area contributed by atoms with Crippen LogP contribution in [-0.2, 0) is 4.79 Å². The summed E-state index contributed by atoms with van der Waals surface area (Å²) in [6.45, 7) is 4.47. The number of hydrogen-bond acceptors (Lipinski definition) is 2. The topological polar surface area (TPSA) is 37.3 Å². The highest BCUT2D eigenvalue weighted by molar-refractivity contribution is 5.91. The standard InChI is InChI=1S/C19H28O2/c1-18-9-7-13(20)11-12(18)3-4-14-15-5-6-17(21)19(15,2)10-8-16(14)18/h11,14-17,21H,3-10H2,1-2H3/t14-,15-,16-,17-,18-,19-/m0/s1/i7T2. The number of allylic oxidation sites excluding steroid dienone is 1. The molecule has 0 spiro atoms. The summed E-state index contributed by atoms with van der Waals surface area (Å²) < 4.78 is 16.3. The lowest BCUT2D eigenvalue weighted by Gasteiger charge is -2.57. The van der Waals surface area contributed by atoms with E-state index in [4.69, 9.17) is 2.74 Å². The van der Waals surface area contributed by atoms with Crippen LogP contribution in [0, 0.1) is 28.6 Å². The molecular formula is C19H28O2. The van der Waals surface area contributed by atoms with E-state index < -0.39 is 6.37 Å². The molecule has 2 nitrogen and oxygen atoms in total. The average molecular weight is 292 g/mol. The first kappa shape index (κ1) is 11.9. The first-order valence-corrected chi connectivity index (χ1v) is 8.62. The van der Waals surface area contributed by atoms with Gasteiger partial charge in [0.2, 0.25) is 0 Å². The van der Waals surface area contributed by atoms with Gasteiger partial charge in [-0.3, -0.25) is 4.79 Å². The number of ketones is 1. The lowest BCUT2D eigenvalue weighted by atomic mass is 9.47. The minimum Gasteiger partial charge on any atom is -0.393 e. The molecule has 2 heteroatoms. The number of hydrogen-bond donors (Lipinski definition) is 1. The second-order valence-electron chi connectivity index (χ2n) is 8.36. The molecule has 0 saturated heterocycles. The average Bonchev–Trinajstić information content (AvgIpc) is 2.76. The molecular weight excluding hydrogens is 260 g/mol. The lowest BCUT2D eigenvalue weighted by Crippen LogP contribution is -2.51. The highest BCUT2D eigenvalue weighted by atomic mass is 16.3. The Bertz CT molecular complexity index is 584. The first-order valence-electron chi connectivity index (χ1n) is 9.62. The summed E-state index contributed by atoms with van der Waals surface area (Å²) in [5, 5.41) is 10.5. The number of aliphatic hydroxyl groups is 1. The minimum absolute atomic E-state index is 0.0578. The van der Waals surface area contributed by atoms with Crippen molar-refractivity contribution in [3.05, 3.63) is 11.6 Å². The highest BCUT2D eigenvalue weighted by Crippen LogP contribution is 2.65. The van der Waals surface area contributed by atoms with Crippen LogP contribution in [0.15, 0.2) is 11.6 Å². The van der Waals surface area contributed by atoms with Crippen LogP contribution in [0.2, 0.25) is 0 Å². The van der Waals surface area contributed by atoms with Gasteiger partial charge in [0.15, 0.2) is 5.78 Å². The molecule has 4 rings (SSSR count). The van der Waals surface area contributed by atoms with E-state index in [1.165, 1.54) is 5.57 Å². The zero-order valence-electron chi connectivity index (χ0n) is 15.2. The largest absolute Gasteiger partial charge is 0.393 e. The van der Waals surface area contributed by atoms with Crippen molar-refractivity contribution in [2.45, 2.75) is 71.3 Å². The predicted molar refractivity (Wildman–Crippen MR) is 82.7 cm³/mol. The summed E-state index contributed by atoms with van der Waals surface area (Å²) >= 11 is 0. The fourth-order valence-corrected chi connectivity index (χ4v) is 6.26. The fraction of sp³-hybridized carbons (Fsp3) is 0.842. The molecule has 116 valence electrons. The van der Waals surface area contributed by atoms with Crippen LogP contribution in [0.5, 0.6) is 0 Å². The van der Waals surface area contributed by atoms with E-state index in [2.05, 4.69) is 13.8 Å². The van der Waals surface area contributed by atoms with Crippen molar-refractivity contribution in [1.82, 2.24) is 0 Å². The monoisotopic (exact) mass is 292 g/mol. The molecule has 21 heavy (non-hydrogen) atoms. The van der Waals surface area contributed by atoms with Gasteiger partial charge >= 0.3 is 0 Å². The van der Waals surface area contributed by atoms with Gasteiger partial charge in [-0.15, -0.1) is 0 Å². The second kappa shape index (κ2) is 4.44. The predicted octanol–water partition coefficient (Wildman–Crippen LogP) is 3.88. The van der Waals surface area contributed by atoms with Gasteiger partial charge in [0.1, 0.15) is 0 Å². The normalized spacial score (nSPS) is 56.5. The Hall–Kier alpha value is -0.630. The summed E-state index contributed by atoms with van der Waals surface area (Å²) in [5.74, 6) is 1.28. The third-order valence-corrected chi connectivity index (χ3v) is 7.62. The lowest BCUT2D eigenvalue weighted by molar-refractivity contribution is -0.118. The zero-order chi connectivity index (χ0) is 16.6. The summed E-state index contributed by atoms with van der Waals surface area (Å²) in [5.41, 5.74) is 1.08. The van der Waals surface area contributed by atoms with Crippen LogP contribution in [0.1, 0.15) is 67.9 Å². The highest BCUT2D eigenvalue weighted by Gasteiger charge is 2.58. The molecule has 0 amide bonds. The van der Waals surface area contributed by atoms with Crippen molar-refractivity contribution in [1.29, 1.82) is 0 Å². The van der Waals surface area contributed by atoms with E-state index in [-0.39, 0.29) is 22.7 Å². The molecule has 0 unspecified atom stereocenters. The van der Waals surface area contributed by atoms with Gasteiger partial charge < -0.3 is 5.11 Å². The zero-order valence-corrected chi connectivity index (χ0v) is 13.2. The quantitative estimate of drug-likeness (QED) is 0.735. The third-order valence-electron chi connectivity index (χ3n) is 7.62. The molecule has 0 aliphatic heterocycles. The number of carbonyl (C=O) groups is 1. The summed E-state index contributed by atoms with van der Waals surface area (Å²) in [6.07, 6.45) is 6.27. The van der Waals surface area contributed by atoms with Gasteiger partial charge in [0.25, 0.3) is 0 Å². The fourth-order valence-electron chi connectivity index (χ4n) is 6.26. The van der Waals surface area contributed by atoms with Gasteiger partial charge in [0.05, 0.1) is 6.10 Å². The minimum atomic E-state index is -1.71. The number of fused-ring (bicyclic) bond motifs is 5. The van der Waals surface area contributed by atoms with E-state index in [1.807, 2.05) is 0 Å². The summed E-state index contributed by atoms with van der Waals surface area (Å²) in [6, 6.07) is 0. The van der Waals surface area contributed by atoms with Crippen molar-refractivity contribution in [3.63, 3.8) is 0 Å². The molecule has 6 atom stereocenters. The Morgan fingerprint density at radius 3 is 2.81 bits per heavy atom. The maximum Gasteiger partial charge on any atom is 0.155 e. The van der Waals surface area contributed by atoms with Crippen molar-refractivity contribution in [3.8, 4) is 0 Å². The van der Waals surface area contributed by atoms with Crippen molar-refractivity contribution < 1.29 is 12.6 Å². The first-order chi connectivity index (χ1) is 10.7. The molecule has 0 aromatic carbocycles. The van der Waals surface area contributed by atoms with E-state index >= 15 is 0 Å². The van der Waals surface area contributed by atoms with Gasteiger partial charge in [-0.25, -0.2) is 0 Å². The van der Waals surface area contributed by atoms with E-state index in [9.17, 15) is 9.90 Å². The molecule has 4 aliphatic carbocycles. The van der Waals surface area contributed by atoms with Gasteiger partial charge in [-0.05, 0) is 79.6 Å². The molecule has 1 N–H and O–H groups in total. The van der Waals surface area contributed by atoms with Crippen LogP contribution in [-0.4, -0.2) is 17.0 Å². The SMILES string of the molecule is [3H]C1([3H])C[C@@]2(C)C(=CC1=O)CC[C@H]1[C@@H]3CC[C@H](O)[C@@]3(C)CC[C@@H]12. The Kier molecular flexibility index (Phi) is 2.51. The molecule has 0 heterocycles. The van der Waals surface area contributed by atoms with Crippen molar-refractivity contribution in [2.24, 2.45) is 28.6 Å². The maximum absolute atomic E-state index is 12.1. The number of aliphatic hydroxyl groups excluding tert-OH is 1. The van der Waals surface area contributed by atoms with Crippen molar-refractivity contribution in [2.75, 3.05) is 0 Å². The molecule has 0 bridgehead atoms. The Morgan fingerprint density at radius 1 is 1.19 bits per heavy atom. The third kappa shape index (κ3) is 1.78. The Morgan fingerprint density at radius 2 is 2.00 bits per heavy atom.